The largest absolute Gasteiger partial charge is 0.140 e. The molecule has 0 saturated carbocycles. The maximum atomic E-state index is 2.40. The molecule has 0 fully saturated rings. The lowest BCUT2D eigenvalue weighted by Gasteiger charge is -2.23. The third-order valence-electron chi connectivity index (χ3n) is 4.96. The number of fused-ring (bicyclic) bond motifs is 1. The van der Waals surface area contributed by atoms with Crippen LogP contribution >= 0.6 is 11.3 Å². The van der Waals surface area contributed by atoms with Gasteiger partial charge < -0.3 is 0 Å². The van der Waals surface area contributed by atoms with Crippen LogP contribution in [0.4, 0.5) is 0 Å². The first-order chi connectivity index (χ1) is 9.97. The minimum atomic E-state index is 0.616. The molecule has 1 aromatic heterocycles. The average molecular weight is 303 g/mol. The first-order valence-electron chi connectivity index (χ1n) is 8.42. The Labute approximate surface area is 135 Å². The standard InChI is InChI=1S/C20H30S/c1-7-10-14(4)19(15(5)13(2)3)20-18-12-9-8-11-17(18)16(6)21-20/h7,10,13,15H,8-9,11-12H2,1-6H3/b10-7-,19-14+. The molecule has 0 bridgehead atoms. The van der Waals surface area contributed by atoms with Crippen molar-refractivity contribution in [1.29, 1.82) is 0 Å². The Balaban J connectivity index is 2.60. The van der Waals surface area contributed by atoms with Crippen molar-refractivity contribution in [3.8, 4) is 0 Å². The minimum Gasteiger partial charge on any atom is -0.140 e. The van der Waals surface area contributed by atoms with Gasteiger partial charge in [-0.05, 0) is 80.6 Å². The molecule has 116 valence electrons. The molecule has 0 amide bonds. The summed E-state index contributed by atoms with van der Waals surface area (Å²) in [6, 6.07) is 0. The van der Waals surface area contributed by atoms with Gasteiger partial charge in [-0.15, -0.1) is 11.3 Å². The second-order valence-corrected chi connectivity index (χ2v) is 8.01. The van der Waals surface area contributed by atoms with Crippen LogP contribution in [0.25, 0.3) is 5.57 Å². The van der Waals surface area contributed by atoms with Gasteiger partial charge in [-0.25, -0.2) is 0 Å². The third kappa shape index (κ3) is 3.34. The van der Waals surface area contributed by atoms with Crippen LogP contribution < -0.4 is 0 Å². The van der Waals surface area contributed by atoms with E-state index < -0.39 is 0 Å². The molecule has 0 N–H and O–H groups in total. The summed E-state index contributed by atoms with van der Waals surface area (Å²) in [6.45, 7) is 13.8. The van der Waals surface area contributed by atoms with Gasteiger partial charge in [0, 0.05) is 9.75 Å². The van der Waals surface area contributed by atoms with E-state index in [9.17, 15) is 0 Å². The quantitative estimate of drug-likeness (QED) is 0.551. The Hall–Kier alpha value is -0.820. The Bertz CT molecular complexity index is 555. The van der Waals surface area contributed by atoms with Crippen molar-refractivity contribution < 1.29 is 0 Å². The van der Waals surface area contributed by atoms with Crippen LogP contribution in [0.3, 0.4) is 0 Å². The van der Waals surface area contributed by atoms with Gasteiger partial charge in [0.1, 0.15) is 0 Å². The number of hydrogen-bond donors (Lipinski definition) is 0. The molecular formula is C20H30S. The summed E-state index contributed by atoms with van der Waals surface area (Å²) in [5.74, 6) is 1.30. The molecule has 0 spiro atoms. The van der Waals surface area contributed by atoms with Crippen molar-refractivity contribution in [3.05, 3.63) is 38.6 Å². The second-order valence-electron chi connectivity index (χ2n) is 6.78. The van der Waals surface area contributed by atoms with Crippen molar-refractivity contribution in [1.82, 2.24) is 0 Å². The van der Waals surface area contributed by atoms with E-state index in [0.717, 1.165) is 0 Å². The SMILES string of the molecule is C/C=C\C(C)=C(\c1sc(C)c2c1CCCC2)C(C)C(C)C. The highest BCUT2D eigenvalue weighted by Gasteiger charge is 2.25. The average Bonchev–Trinajstić information content (AvgIpc) is 2.77. The smallest absolute Gasteiger partial charge is 0.0345 e. The van der Waals surface area contributed by atoms with Gasteiger partial charge in [0.25, 0.3) is 0 Å². The Morgan fingerprint density at radius 2 is 1.71 bits per heavy atom. The fraction of sp³-hybridized carbons (Fsp3) is 0.600. The highest BCUT2D eigenvalue weighted by Crippen LogP contribution is 2.43. The minimum absolute atomic E-state index is 0.616. The van der Waals surface area contributed by atoms with Crippen molar-refractivity contribution >= 4 is 16.9 Å². The molecule has 1 heterocycles. The number of allylic oxidation sites excluding steroid dienone is 4. The van der Waals surface area contributed by atoms with Crippen molar-refractivity contribution in [3.63, 3.8) is 0 Å². The molecule has 0 aliphatic heterocycles. The van der Waals surface area contributed by atoms with E-state index in [0.29, 0.717) is 11.8 Å². The van der Waals surface area contributed by atoms with E-state index in [2.05, 4.69) is 53.7 Å². The van der Waals surface area contributed by atoms with E-state index in [1.165, 1.54) is 31.3 Å². The zero-order valence-electron chi connectivity index (χ0n) is 14.5. The van der Waals surface area contributed by atoms with E-state index in [1.807, 2.05) is 11.3 Å². The molecule has 1 heteroatoms. The fourth-order valence-corrected chi connectivity index (χ4v) is 4.92. The van der Waals surface area contributed by atoms with Gasteiger partial charge in [-0.2, -0.15) is 0 Å². The molecule has 0 saturated heterocycles. The molecule has 0 nitrogen and oxygen atoms in total. The first kappa shape index (κ1) is 16.5. The van der Waals surface area contributed by atoms with Crippen LogP contribution in [-0.2, 0) is 12.8 Å². The lowest BCUT2D eigenvalue weighted by molar-refractivity contribution is 0.516. The molecule has 1 aliphatic carbocycles. The maximum absolute atomic E-state index is 2.40. The topological polar surface area (TPSA) is 0 Å². The molecule has 0 radical (unpaired) electrons. The summed E-state index contributed by atoms with van der Waals surface area (Å²) in [5.41, 5.74) is 6.39. The van der Waals surface area contributed by atoms with Crippen molar-refractivity contribution in [2.24, 2.45) is 11.8 Å². The van der Waals surface area contributed by atoms with E-state index in [-0.39, 0.29) is 0 Å². The van der Waals surface area contributed by atoms with Crippen LogP contribution in [0.2, 0.25) is 0 Å². The number of hydrogen-bond acceptors (Lipinski definition) is 1. The van der Waals surface area contributed by atoms with E-state index in [1.54, 1.807) is 26.5 Å². The zero-order chi connectivity index (χ0) is 15.6. The van der Waals surface area contributed by atoms with Crippen LogP contribution in [0.1, 0.15) is 68.3 Å². The summed E-state index contributed by atoms with van der Waals surface area (Å²) < 4.78 is 0. The highest BCUT2D eigenvalue weighted by atomic mass is 32.1. The predicted molar refractivity (Wildman–Crippen MR) is 97.1 cm³/mol. The molecule has 2 rings (SSSR count). The highest BCUT2D eigenvalue weighted by molar-refractivity contribution is 7.13. The Kier molecular flexibility index (Phi) is 5.48. The van der Waals surface area contributed by atoms with E-state index in [4.69, 9.17) is 0 Å². The molecule has 1 atom stereocenters. The van der Waals surface area contributed by atoms with Crippen molar-refractivity contribution in [2.45, 2.75) is 67.2 Å². The van der Waals surface area contributed by atoms with Crippen LogP contribution in [0.15, 0.2) is 17.7 Å². The summed E-state index contributed by atoms with van der Waals surface area (Å²) in [5, 5.41) is 0. The molecule has 0 aromatic carbocycles. The van der Waals surface area contributed by atoms with Gasteiger partial charge in [-0.3, -0.25) is 0 Å². The van der Waals surface area contributed by atoms with Gasteiger partial charge in [0.2, 0.25) is 0 Å². The predicted octanol–water partition coefficient (Wildman–Crippen LogP) is 6.58. The van der Waals surface area contributed by atoms with Gasteiger partial charge in [0.05, 0.1) is 0 Å². The van der Waals surface area contributed by atoms with Crippen LogP contribution in [0, 0.1) is 18.8 Å². The summed E-state index contributed by atoms with van der Waals surface area (Å²) in [7, 11) is 0. The number of aryl methyl sites for hydroxylation is 1. The van der Waals surface area contributed by atoms with E-state index >= 15 is 0 Å². The lowest BCUT2D eigenvalue weighted by Crippen LogP contribution is -2.10. The third-order valence-corrected chi connectivity index (χ3v) is 6.19. The number of rotatable bonds is 4. The van der Waals surface area contributed by atoms with Crippen LogP contribution in [-0.4, -0.2) is 0 Å². The van der Waals surface area contributed by atoms with Gasteiger partial charge >= 0.3 is 0 Å². The zero-order valence-corrected chi connectivity index (χ0v) is 15.4. The maximum Gasteiger partial charge on any atom is 0.0345 e. The van der Waals surface area contributed by atoms with Gasteiger partial charge in [0.15, 0.2) is 0 Å². The molecular weight excluding hydrogens is 272 g/mol. The molecule has 21 heavy (non-hydrogen) atoms. The summed E-state index contributed by atoms with van der Waals surface area (Å²) in [6.07, 6.45) is 9.78. The first-order valence-corrected chi connectivity index (χ1v) is 9.24. The fourth-order valence-electron chi connectivity index (χ4n) is 3.46. The monoisotopic (exact) mass is 302 g/mol. The second kappa shape index (κ2) is 6.96. The Morgan fingerprint density at radius 3 is 2.29 bits per heavy atom. The Morgan fingerprint density at radius 1 is 1.10 bits per heavy atom. The number of thiophene rings is 1. The van der Waals surface area contributed by atoms with Crippen molar-refractivity contribution in [2.75, 3.05) is 0 Å². The molecule has 1 aromatic rings. The van der Waals surface area contributed by atoms with Gasteiger partial charge in [-0.1, -0.05) is 32.9 Å². The molecule has 1 aliphatic rings. The summed E-state index contributed by atoms with van der Waals surface area (Å²) in [4.78, 5) is 3.15. The summed E-state index contributed by atoms with van der Waals surface area (Å²) >= 11 is 2.05. The van der Waals surface area contributed by atoms with Crippen LogP contribution in [0.5, 0.6) is 0 Å². The lowest BCUT2D eigenvalue weighted by atomic mass is 9.82. The molecule has 1 unspecified atom stereocenters. The normalized spacial score (nSPS) is 18.0.